The SMILES string of the molecule is O=C(NC1CCCCC1)C(=O)c1ccc(C2CCCCC2)cc1. The summed E-state index contributed by atoms with van der Waals surface area (Å²) in [6.45, 7) is 0. The second kappa shape index (κ2) is 7.76. The molecule has 1 N–H and O–H groups in total. The first kappa shape index (κ1) is 16.2. The molecular weight excluding hydrogens is 286 g/mol. The van der Waals surface area contributed by atoms with Gasteiger partial charge in [-0.3, -0.25) is 9.59 Å². The maximum atomic E-state index is 12.3. The van der Waals surface area contributed by atoms with Crippen LogP contribution in [0.1, 0.15) is 86.0 Å². The minimum Gasteiger partial charge on any atom is -0.346 e. The van der Waals surface area contributed by atoms with E-state index in [4.69, 9.17) is 0 Å². The molecule has 23 heavy (non-hydrogen) atoms. The Kier molecular flexibility index (Phi) is 5.47. The van der Waals surface area contributed by atoms with Gasteiger partial charge in [0, 0.05) is 11.6 Å². The van der Waals surface area contributed by atoms with Crippen LogP contribution in [-0.2, 0) is 4.79 Å². The lowest BCUT2D eigenvalue weighted by Gasteiger charge is -2.23. The molecule has 0 unspecified atom stereocenters. The molecule has 1 aromatic rings. The Labute approximate surface area is 138 Å². The minimum absolute atomic E-state index is 0.182. The van der Waals surface area contributed by atoms with Crippen molar-refractivity contribution in [2.75, 3.05) is 0 Å². The van der Waals surface area contributed by atoms with E-state index in [2.05, 4.69) is 5.32 Å². The van der Waals surface area contributed by atoms with Gasteiger partial charge in [0.25, 0.3) is 5.91 Å². The number of carbonyl (C=O) groups is 2. The van der Waals surface area contributed by atoms with E-state index in [-0.39, 0.29) is 6.04 Å². The van der Waals surface area contributed by atoms with Crippen LogP contribution in [0.4, 0.5) is 0 Å². The van der Waals surface area contributed by atoms with Gasteiger partial charge in [-0.1, -0.05) is 62.8 Å². The fraction of sp³-hybridized carbons (Fsp3) is 0.600. The predicted molar refractivity (Wildman–Crippen MR) is 91.6 cm³/mol. The lowest BCUT2D eigenvalue weighted by atomic mass is 9.84. The summed E-state index contributed by atoms with van der Waals surface area (Å²) in [4.78, 5) is 24.4. The van der Waals surface area contributed by atoms with E-state index >= 15 is 0 Å². The predicted octanol–water partition coefficient (Wildman–Crippen LogP) is 4.37. The Hall–Kier alpha value is -1.64. The third kappa shape index (κ3) is 4.21. The Morgan fingerprint density at radius 3 is 1.96 bits per heavy atom. The molecule has 0 heterocycles. The zero-order valence-electron chi connectivity index (χ0n) is 13.9. The molecule has 3 heteroatoms. The summed E-state index contributed by atoms with van der Waals surface area (Å²) in [7, 11) is 0. The van der Waals surface area contributed by atoms with Crippen LogP contribution < -0.4 is 5.32 Å². The number of benzene rings is 1. The molecule has 2 aliphatic carbocycles. The fourth-order valence-electron chi connectivity index (χ4n) is 3.97. The van der Waals surface area contributed by atoms with Crippen molar-refractivity contribution in [1.82, 2.24) is 5.32 Å². The Bertz CT molecular complexity index is 537. The van der Waals surface area contributed by atoms with Gasteiger partial charge in [0.2, 0.25) is 5.78 Å². The van der Waals surface area contributed by atoms with Gasteiger partial charge in [-0.15, -0.1) is 0 Å². The van der Waals surface area contributed by atoms with Crippen molar-refractivity contribution < 1.29 is 9.59 Å². The smallest absolute Gasteiger partial charge is 0.292 e. The Morgan fingerprint density at radius 1 is 0.783 bits per heavy atom. The zero-order valence-corrected chi connectivity index (χ0v) is 13.9. The summed E-state index contributed by atoms with van der Waals surface area (Å²) in [6, 6.07) is 7.91. The van der Waals surface area contributed by atoms with Gasteiger partial charge in [-0.2, -0.15) is 0 Å². The Morgan fingerprint density at radius 2 is 1.35 bits per heavy atom. The summed E-state index contributed by atoms with van der Waals surface area (Å²) < 4.78 is 0. The molecule has 3 rings (SSSR count). The molecule has 3 nitrogen and oxygen atoms in total. The van der Waals surface area contributed by atoms with Crippen LogP contribution in [0, 0.1) is 0 Å². The van der Waals surface area contributed by atoms with E-state index in [1.165, 1.54) is 44.1 Å². The van der Waals surface area contributed by atoms with Crippen molar-refractivity contribution in [3.05, 3.63) is 35.4 Å². The first-order chi connectivity index (χ1) is 11.2. The number of hydrogen-bond donors (Lipinski definition) is 1. The molecule has 124 valence electrons. The fourth-order valence-corrected chi connectivity index (χ4v) is 3.97. The number of ketones is 1. The number of rotatable bonds is 4. The van der Waals surface area contributed by atoms with Crippen LogP contribution in [0.25, 0.3) is 0 Å². The van der Waals surface area contributed by atoms with Crippen LogP contribution in [0.5, 0.6) is 0 Å². The minimum atomic E-state index is -0.442. The summed E-state index contributed by atoms with van der Waals surface area (Å²) in [5.74, 6) is -0.211. The third-order valence-electron chi connectivity index (χ3n) is 5.40. The van der Waals surface area contributed by atoms with Gasteiger partial charge in [-0.05, 0) is 37.2 Å². The first-order valence-electron chi connectivity index (χ1n) is 9.19. The van der Waals surface area contributed by atoms with Crippen molar-refractivity contribution in [2.45, 2.75) is 76.2 Å². The molecule has 2 saturated carbocycles. The third-order valence-corrected chi connectivity index (χ3v) is 5.40. The highest BCUT2D eigenvalue weighted by Gasteiger charge is 2.22. The monoisotopic (exact) mass is 313 g/mol. The van der Waals surface area contributed by atoms with Crippen LogP contribution in [0.3, 0.4) is 0 Å². The zero-order chi connectivity index (χ0) is 16.1. The molecule has 0 atom stereocenters. The van der Waals surface area contributed by atoms with E-state index < -0.39 is 11.7 Å². The van der Waals surface area contributed by atoms with Crippen LogP contribution in [-0.4, -0.2) is 17.7 Å². The number of Topliss-reactive ketones (excluding diaryl/α,β-unsaturated/α-hetero) is 1. The van der Waals surface area contributed by atoms with Gasteiger partial charge >= 0.3 is 0 Å². The molecule has 0 spiro atoms. The van der Waals surface area contributed by atoms with E-state index in [1.807, 2.05) is 24.3 Å². The van der Waals surface area contributed by atoms with Crippen LogP contribution >= 0.6 is 0 Å². The van der Waals surface area contributed by atoms with Crippen LogP contribution in [0.2, 0.25) is 0 Å². The highest BCUT2D eigenvalue weighted by atomic mass is 16.2. The summed E-state index contributed by atoms with van der Waals surface area (Å²) in [6.07, 6.45) is 12.0. The lowest BCUT2D eigenvalue weighted by molar-refractivity contribution is -0.117. The van der Waals surface area contributed by atoms with Gasteiger partial charge in [-0.25, -0.2) is 0 Å². The van der Waals surface area contributed by atoms with Crippen molar-refractivity contribution >= 4 is 11.7 Å². The van der Waals surface area contributed by atoms with E-state index in [9.17, 15) is 9.59 Å². The number of nitrogens with one attached hydrogen (secondary N) is 1. The van der Waals surface area contributed by atoms with Crippen molar-refractivity contribution in [1.29, 1.82) is 0 Å². The van der Waals surface area contributed by atoms with Crippen molar-refractivity contribution in [3.63, 3.8) is 0 Å². The second-order valence-corrected chi connectivity index (χ2v) is 7.09. The van der Waals surface area contributed by atoms with E-state index in [0.29, 0.717) is 11.5 Å². The lowest BCUT2D eigenvalue weighted by Crippen LogP contribution is -2.40. The van der Waals surface area contributed by atoms with E-state index in [0.717, 1.165) is 25.7 Å². The summed E-state index contributed by atoms with van der Waals surface area (Å²) in [5, 5.41) is 2.91. The van der Waals surface area contributed by atoms with Crippen molar-refractivity contribution in [3.8, 4) is 0 Å². The molecular formula is C20H27NO2. The molecule has 0 bridgehead atoms. The van der Waals surface area contributed by atoms with Gasteiger partial charge < -0.3 is 5.32 Å². The standard InChI is InChI=1S/C20H27NO2/c22-19(20(23)21-18-9-5-2-6-10-18)17-13-11-16(12-14-17)15-7-3-1-4-8-15/h11-15,18H,1-10H2,(H,21,23). The molecule has 0 aromatic heterocycles. The maximum absolute atomic E-state index is 12.3. The van der Waals surface area contributed by atoms with Gasteiger partial charge in [0.1, 0.15) is 0 Å². The number of amides is 1. The van der Waals surface area contributed by atoms with Crippen molar-refractivity contribution in [2.24, 2.45) is 0 Å². The average Bonchev–Trinajstić information content (AvgIpc) is 2.63. The van der Waals surface area contributed by atoms with Gasteiger partial charge in [0.05, 0.1) is 0 Å². The first-order valence-corrected chi connectivity index (χ1v) is 9.19. The second-order valence-electron chi connectivity index (χ2n) is 7.09. The molecule has 0 radical (unpaired) electrons. The molecule has 2 aliphatic rings. The molecule has 1 amide bonds. The normalized spacial score (nSPS) is 20.2. The molecule has 2 fully saturated rings. The van der Waals surface area contributed by atoms with Crippen LogP contribution in [0.15, 0.2) is 24.3 Å². The summed E-state index contributed by atoms with van der Waals surface area (Å²) in [5.41, 5.74) is 1.83. The summed E-state index contributed by atoms with van der Waals surface area (Å²) >= 11 is 0. The quantitative estimate of drug-likeness (QED) is 0.663. The number of hydrogen-bond acceptors (Lipinski definition) is 2. The molecule has 0 aliphatic heterocycles. The maximum Gasteiger partial charge on any atom is 0.292 e. The Balaban J connectivity index is 1.59. The average molecular weight is 313 g/mol. The van der Waals surface area contributed by atoms with Gasteiger partial charge in [0.15, 0.2) is 0 Å². The highest BCUT2D eigenvalue weighted by Crippen LogP contribution is 2.32. The van der Waals surface area contributed by atoms with E-state index in [1.54, 1.807) is 0 Å². The highest BCUT2D eigenvalue weighted by molar-refractivity contribution is 6.42. The topological polar surface area (TPSA) is 46.2 Å². The largest absolute Gasteiger partial charge is 0.346 e. The molecule has 0 saturated heterocycles. The number of carbonyl (C=O) groups excluding carboxylic acids is 2. The molecule has 1 aromatic carbocycles.